The van der Waals surface area contributed by atoms with E-state index in [0.717, 1.165) is 5.56 Å². The number of hydrogen-bond acceptors (Lipinski definition) is 2. The standard InChI is InChI=1S/C16H16FNO/c1-12(19)14-9-6-10-15(17)16(14)18(2)11-13-7-4-3-5-8-13/h3-10H,11H2,1-2H3. The Hall–Kier alpha value is -2.16. The molecule has 0 aliphatic heterocycles. The van der Waals surface area contributed by atoms with Gasteiger partial charge in [0.1, 0.15) is 5.82 Å². The van der Waals surface area contributed by atoms with Crippen LogP contribution in [0.4, 0.5) is 10.1 Å². The first-order chi connectivity index (χ1) is 9.09. The Morgan fingerprint density at radius 2 is 1.79 bits per heavy atom. The average molecular weight is 257 g/mol. The van der Waals surface area contributed by atoms with Crippen LogP contribution in [0.5, 0.6) is 0 Å². The van der Waals surface area contributed by atoms with E-state index in [9.17, 15) is 9.18 Å². The number of anilines is 1. The highest BCUT2D eigenvalue weighted by atomic mass is 19.1. The number of nitrogens with zero attached hydrogens (tertiary/aromatic N) is 1. The molecule has 0 bridgehead atoms. The van der Waals surface area contributed by atoms with E-state index in [4.69, 9.17) is 0 Å². The van der Waals surface area contributed by atoms with Crippen molar-refractivity contribution in [2.45, 2.75) is 13.5 Å². The van der Waals surface area contributed by atoms with Crippen molar-refractivity contribution in [2.24, 2.45) is 0 Å². The smallest absolute Gasteiger partial charge is 0.161 e. The van der Waals surface area contributed by atoms with E-state index in [0.29, 0.717) is 17.8 Å². The lowest BCUT2D eigenvalue weighted by Gasteiger charge is -2.22. The van der Waals surface area contributed by atoms with Gasteiger partial charge in [0.25, 0.3) is 0 Å². The molecule has 0 unspecified atom stereocenters. The third-order valence-corrected chi connectivity index (χ3v) is 3.01. The van der Waals surface area contributed by atoms with Gasteiger partial charge in [0.2, 0.25) is 0 Å². The molecule has 2 aromatic carbocycles. The lowest BCUT2D eigenvalue weighted by Crippen LogP contribution is -2.20. The molecular weight excluding hydrogens is 241 g/mol. The van der Waals surface area contributed by atoms with Gasteiger partial charge in [-0.05, 0) is 24.6 Å². The third-order valence-electron chi connectivity index (χ3n) is 3.01. The maximum Gasteiger partial charge on any atom is 0.161 e. The van der Waals surface area contributed by atoms with Crippen molar-refractivity contribution in [1.82, 2.24) is 0 Å². The molecule has 2 aromatic rings. The lowest BCUT2D eigenvalue weighted by atomic mass is 10.1. The molecule has 0 radical (unpaired) electrons. The molecule has 0 aliphatic carbocycles. The van der Waals surface area contributed by atoms with Crippen molar-refractivity contribution in [3.05, 3.63) is 65.5 Å². The second kappa shape index (κ2) is 5.65. The summed E-state index contributed by atoms with van der Waals surface area (Å²) >= 11 is 0. The van der Waals surface area contributed by atoms with Crippen LogP contribution in [-0.2, 0) is 6.54 Å². The second-order valence-electron chi connectivity index (χ2n) is 4.53. The van der Waals surface area contributed by atoms with Gasteiger partial charge in [-0.1, -0.05) is 36.4 Å². The highest BCUT2D eigenvalue weighted by molar-refractivity contribution is 5.99. The van der Waals surface area contributed by atoms with Gasteiger partial charge in [-0.3, -0.25) is 4.79 Å². The molecule has 0 saturated carbocycles. The number of para-hydroxylation sites is 1. The first-order valence-corrected chi connectivity index (χ1v) is 6.14. The lowest BCUT2D eigenvalue weighted by molar-refractivity contribution is 0.101. The molecular formula is C16H16FNO. The van der Waals surface area contributed by atoms with Crippen molar-refractivity contribution < 1.29 is 9.18 Å². The SMILES string of the molecule is CC(=O)c1cccc(F)c1N(C)Cc1ccccc1. The number of halogens is 1. The van der Waals surface area contributed by atoms with Crippen molar-refractivity contribution in [2.75, 3.05) is 11.9 Å². The van der Waals surface area contributed by atoms with E-state index in [1.165, 1.54) is 13.0 Å². The Labute approximate surface area is 112 Å². The maximum absolute atomic E-state index is 14.0. The van der Waals surface area contributed by atoms with E-state index < -0.39 is 0 Å². The molecule has 0 fully saturated rings. The minimum Gasteiger partial charge on any atom is -0.367 e. The van der Waals surface area contributed by atoms with Crippen LogP contribution in [0, 0.1) is 5.82 Å². The molecule has 0 aromatic heterocycles. The predicted octanol–water partition coefficient (Wildman–Crippen LogP) is 3.66. The summed E-state index contributed by atoms with van der Waals surface area (Å²) in [5, 5.41) is 0. The molecule has 0 spiro atoms. The van der Waals surface area contributed by atoms with Crippen LogP contribution < -0.4 is 4.90 Å². The van der Waals surface area contributed by atoms with Crippen LogP contribution in [0.1, 0.15) is 22.8 Å². The molecule has 0 heterocycles. The summed E-state index contributed by atoms with van der Waals surface area (Å²) in [4.78, 5) is 13.3. The summed E-state index contributed by atoms with van der Waals surface area (Å²) in [6, 6.07) is 14.4. The Kier molecular flexibility index (Phi) is 3.95. The first-order valence-electron chi connectivity index (χ1n) is 6.14. The Bertz CT molecular complexity index is 581. The van der Waals surface area contributed by atoms with Crippen molar-refractivity contribution in [1.29, 1.82) is 0 Å². The molecule has 0 amide bonds. The number of Topliss-reactive ketones (excluding diaryl/α,β-unsaturated/α-hetero) is 1. The van der Waals surface area contributed by atoms with Gasteiger partial charge >= 0.3 is 0 Å². The molecule has 2 nitrogen and oxygen atoms in total. The molecule has 0 aliphatic rings. The minimum atomic E-state index is -0.369. The topological polar surface area (TPSA) is 20.3 Å². The van der Waals surface area contributed by atoms with Crippen LogP contribution in [0.25, 0.3) is 0 Å². The molecule has 98 valence electrons. The van der Waals surface area contributed by atoms with Gasteiger partial charge in [0, 0.05) is 19.2 Å². The molecule has 3 heteroatoms. The summed E-state index contributed by atoms with van der Waals surface area (Å²) < 4.78 is 14.0. The first kappa shape index (κ1) is 13.3. The monoisotopic (exact) mass is 257 g/mol. The minimum absolute atomic E-state index is 0.130. The number of benzene rings is 2. The van der Waals surface area contributed by atoms with Crippen LogP contribution in [0.15, 0.2) is 48.5 Å². The quantitative estimate of drug-likeness (QED) is 0.779. The fourth-order valence-electron chi connectivity index (χ4n) is 2.12. The fourth-order valence-corrected chi connectivity index (χ4v) is 2.12. The number of carbonyl (C=O) groups excluding carboxylic acids is 1. The number of carbonyl (C=O) groups is 1. The average Bonchev–Trinajstić information content (AvgIpc) is 2.39. The van der Waals surface area contributed by atoms with Crippen LogP contribution >= 0.6 is 0 Å². The van der Waals surface area contributed by atoms with E-state index in [1.807, 2.05) is 30.3 Å². The summed E-state index contributed by atoms with van der Waals surface area (Å²) in [5.41, 5.74) is 1.85. The molecule has 19 heavy (non-hydrogen) atoms. The molecule has 2 rings (SSSR count). The molecule has 0 atom stereocenters. The van der Waals surface area contributed by atoms with E-state index in [1.54, 1.807) is 24.1 Å². The van der Waals surface area contributed by atoms with E-state index >= 15 is 0 Å². The fraction of sp³-hybridized carbons (Fsp3) is 0.188. The van der Waals surface area contributed by atoms with Crippen LogP contribution in [-0.4, -0.2) is 12.8 Å². The van der Waals surface area contributed by atoms with E-state index in [-0.39, 0.29) is 11.6 Å². The van der Waals surface area contributed by atoms with Gasteiger partial charge in [0.15, 0.2) is 5.78 Å². The number of hydrogen-bond donors (Lipinski definition) is 0. The zero-order valence-electron chi connectivity index (χ0n) is 11.1. The van der Waals surface area contributed by atoms with Crippen molar-refractivity contribution in [3.8, 4) is 0 Å². The number of ketones is 1. The Balaban J connectivity index is 2.33. The van der Waals surface area contributed by atoms with Gasteiger partial charge in [-0.25, -0.2) is 4.39 Å². The molecule has 0 N–H and O–H groups in total. The van der Waals surface area contributed by atoms with Gasteiger partial charge in [-0.2, -0.15) is 0 Å². The van der Waals surface area contributed by atoms with Crippen LogP contribution in [0.3, 0.4) is 0 Å². The third kappa shape index (κ3) is 2.99. The Morgan fingerprint density at radius 3 is 2.42 bits per heavy atom. The molecule has 0 saturated heterocycles. The summed E-state index contributed by atoms with van der Waals surface area (Å²) in [6.07, 6.45) is 0. The second-order valence-corrected chi connectivity index (χ2v) is 4.53. The number of rotatable bonds is 4. The van der Waals surface area contributed by atoms with Crippen molar-refractivity contribution >= 4 is 11.5 Å². The summed E-state index contributed by atoms with van der Waals surface area (Å²) in [6.45, 7) is 2.01. The highest BCUT2D eigenvalue weighted by Crippen LogP contribution is 2.25. The largest absolute Gasteiger partial charge is 0.367 e. The normalized spacial score (nSPS) is 10.3. The van der Waals surface area contributed by atoms with Gasteiger partial charge in [-0.15, -0.1) is 0 Å². The maximum atomic E-state index is 14.0. The van der Waals surface area contributed by atoms with Crippen molar-refractivity contribution in [3.63, 3.8) is 0 Å². The zero-order valence-corrected chi connectivity index (χ0v) is 11.1. The highest BCUT2D eigenvalue weighted by Gasteiger charge is 2.15. The van der Waals surface area contributed by atoms with Gasteiger partial charge in [0.05, 0.1) is 5.69 Å². The summed E-state index contributed by atoms with van der Waals surface area (Å²) in [7, 11) is 1.79. The Morgan fingerprint density at radius 1 is 1.11 bits per heavy atom. The predicted molar refractivity (Wildman–Crippen MR) is 75.0 cm³/mol. The zero-order chi connectivity index (χ0) is 13.8. The summed E-state index contributed by atoms with van der Waals surface area (Å²) in [5.74, 6) is -0.499. The van der Waals surface area contributed by atoms with Crippen LogP contribution in [0.2, 0.25) is 0 Å². The van der Waals surface area contributed by atoms with E-state index in [2.05, 4.69) is 0 Å². The van der Waals surface area contributed by atoms with Gasteiger partial charge < -0.3 is 4.90 Å².